The van der Waals surface area contributed by atoms with E-state index in [9.17, 15) is 0 Å². The first-order chi connectivity index (χ1) is 6.23. The molecular formula is C11H20N2. The first kappa shape index (κ1) is 10.6. The van der Waals surface area contributed by atoms with Gasteiger partial charge in [-0.05, 0) is 24.7 Å². The van der Waals surface area contributed by atoms with Gasteiger partial charge in [0.25, 0.3) is 0 Å². The molecule has 0 aromatic carbocycles. The van der Waals surface area contributed by atoms with Gasteiger partial charge in [-0.25, -0.2) is 0 Å². The second-order valence-corrected chi connectivity index (χ2v) is 4.32. The minimum atomic E-state index is 0.381. The summed E-state index contributed by atoms with van der Waals surface area (Å²) in [7, 11) is 0. The molecule has 1 atom stereocenters. The van der Waals surface area contributed by atoms with E-state index in [-0.39, 0.29) is 0 Å². The van der Waals surface area contributed by atoms with E-state index in [4.69, 9.17) is 12.3 Å². The summed E-state index contributed by atoms with van der Waals surface area (Å²) < 4.78 is 0. The Kier molecular flexibility index (Phi) is 3.77. The molecule has 1 aliphatic carbocycles. The van der Waals surface area contributed by atoms with Crippen LogP contribution in [-0.4, -0.2) is 6.04 Å². The third kappa shape index (κ3) is 2.46. The minimum Gasteiger partial charge on any atom is -0.271 e. The summed E-state index contributed by atoms with van der Waals surface area (Å²) in [6.45, 7) is 2.32. The zero-order valence-electron chi connectivity index (χ0n) is 8.47. The molecule has 0 spiro atoms. The summed E-state index contributed by atoms with van der Waals surface area (Å²) >= 11 is 0. The molecule has 0 amide bonds. The molecule has 13 heavy (non-hydrogen) atoms. The van der Waals surface area contributed by atoms with E-state index < -0.39 is 0 Å². The molecule has 2 heteroatoms. The molecule has 74 valence electrons. The molecule has 0 heterocycles. The predicted molar refractivity (Wildman–Crippen MR) is 55.8 cm³/mol. The van der Waals surface area contributed by atoms with Crippen molar-refractivity contribution in [3.8, 4) is 12.3 Å². The quantitative estimate of drug-likeness (QED) is 0.393. The lowest BCUT2D eigenvalue weighted by atomic mass is 9.79. The number of terminal acetylenes is 1. The first-order valence-corrected chi connectivity index (χ1v) is 5.12. The number of hydrogen-bond donors (Lipinski definition) is 2. The van der Waals surface area contributed by atoms with Crippen molar-refractivity contribution in [3.05, 3.63) is 0 Å². The summed E-state index contributed by atoms with van der Waals surface area (Å²) in [5, 5.41) is 0. The van der Waals surface area contributed by atoms with Gasteiger partial charge in [0.1, 0.15) is 0 Å². The first-order valence-electron chi connectivity index (χ1n) is 5.12. The fraction of sp³-hybridized carbons (Fsp3) is 0.818. The molecule has 0 aliphatic heterocycles. The van der Waals surface area contributed by atoms with E-state index in [0.717, 1.165) is 12.8 Å². The Morgan fingerprint density at radius 1 is 1.54 bits per heavy atom. The number of nitrogens with one attached hydrogen (secondary N) is 1. The van der Waals surface area contributed by atoms with Gasteiger partial charge in [-0.2, -0.15) is 0 Å². The van der Waals surface area contributed by atoms with Crippen LogP contribution in [0.25, 0.3) is 0 Å². The molecule has 3 N–H and O–H groups in total. The van der Waals surface area contributed by atoms with Crippen LogP contribution in [0.5, 0.6) is 0 Å². The summed E-state index contributed by atoms with van der Waals surface area (Å²) in [6.07, 6.45) is 12.3. The van der Waals surface area contributed by atoms with Crippen LogP contribution in [0.15, 0.2) is 0 Å². The van der Waals surface area contributed by atoms with Gasteiger partial charge >= 0.3 is 0 Å². The molecule has 1 fully saturated rings. The number of hydrogen-bond acceptors (Lipinski definition) is 2. The summed E-state index contributed by atoms with van der Waals surface area (Å²) in [5.41, 5.74) is 3.30. The SMILES string of the molecule is C#CCCC(NN)C1(C)CCCC1. The van der Waals surface area contributed by atoms with Gasteiger partial charge in [-0.1, -0.05) is 19.8 Å². The third-order valence-electron chi connectivity index (χ3n) is 3.37. The summed E-state index contributed by atoms with van der Waals surface area (Å²) in [5.74, 6) is 8.24. The van der Waals surface area contributed by atoms with Crippen LogP contribution < -0.4 is 11.3 Å². The van der Waals surface area contributed by atoms with Crippen LogP contribution >= 0.6 is 0 Å². The second kappa shape index (κ2) is 4.64. The monoisotopic (exact) mass is 180 g/mol. The molecule has 1 unspecified atom stereocenters. The van der Waals surface area contributed by atoms with Crippen molar-refractivity contribution in [3.63, 3.8) is 0 Å². The number of hydrazine groups is 1. The Labute approximate surface area is 81.2 Å². The van der Waals surface area contributed by atoms with Crippen molar-refractivity contribution in [2.45, 2.75) is 51.5 Å². The van der Waals surface area contributed by atoms with Crippen molar-refractivity contribution in [1.29, 1.82) is 0 Å². The molecule has 0 saturated heterocycles. The minimum absolute atomic E-state index is 0.381. The van der Waals surface area contributed by atoms with Gasteiger partial charge in [-0.3, -0.25) is 11.3 Å². The van der Waals surface area contributed by atoms with Crippen LogP contribution in [0.3, 0.4) is 0 Å². The van der Waals surface area contributed by atoms with Crippen molar-refractivity contribution in [2.24, 2.45) is 11.3 Å². The van der Waals surface area contributed by atoms with E-state index >= 15 is 0 Å². The highest BCUT2D eigenvalue weighted by Crippen LogP contribution is 2.41. The molecule has 0 aromatic rings. The lowest BCUT2D eigenvalue weighted by molar-refractivity contribution is 0.213. The average molecular weight is 180 g/mol. The highest BCUT2D eigenvalue weighted by atomic mass is 15.2. The maximum absolute atomic E-state index is 5.56. The van der Waals surface area contributed by atoms with Crippen molar-refractivity contribution in [1.82, 2.24) is 5.43 Å². The Balaban J connectivity index is 2.49. The molecule has 1 aliphatic rings. The maximum Gasteiger partial charge on any atom is 0.0273 e. The highest BCUT2D eigenvalue weighted by molar-refractivity contribution is 4.93. The molecule has 0 bridgehead atoms. The van der Waals surface area contributed by atoms with Gasteiger partial charge in [-0.15, -0.1) is 12.3 Å². The fourth-order valence-electron chi connectivity index (χ4n) is 2.39. The van der Waals surface area contributed by atoms with Crippen LogP contribution in [-0.2, 0) is 0 Å². The Morgan fingerprint density at radius 3 is 2.62 bits per heavy atom. The van der Waals surface area contributed by atoms with E-state index in [1.807, 2.05) is 0 Å². The Morgan fingerprint density at radius 2 is 2.15 bits per heavy atom. The van der Waals surface area contributed by atoms with Crippen LogP contribution in [0.4, 0.5) is 0 Å². The Bertz CT molecular complexity index is 187. The zero-order valence-corrected chi connectivity index (χ0v) is 8.47. The van der Waals surface area contributed by atoms with Crippen LogP contribution in [0.2, 0.25) is 0 Å². The highest BCUT2D eigenvalue weighted by Gasteiger charge is 2.35. The normalized spacial score (nSPS) is 22.5. The molecular weight excluding hydrogens is 160 g/mol. The maximum atomic E-state index is 5.56. The van der Waals surface area contributed by atoms with Gasteiger partial charge in [0.2, 0.25) is 0 Å². The van der Waals surface area contributed by atoms with Crippen LogP contribution in [0.1, 0.15) is 45.4 Å². The average Bonchev–Trinajstić information content (AvgIpc) is 2.54. The van der Waals surface area contributed by atoms with Gasteiger partial charge in [0.05, 0.1) is 0 Å². The smallest absolute Gasteiger partial charge is 0.0273 e. The van der Waals surface area contributed by atoms with Gasteiger partial charge in [0, 0.05) is 12.5 Å². The molecule has 0 radical (unpaired) electrons. The Hall–Kier alpha value is -0.520. The third-order valence-corrected chi connectivity index (χ3v) is 3.37. The molecule has 2 nitrogen and oxygen atoms in total. The van der Waals surface area contributed by atoms with Crippen molar-refractivity contribution in [2.75, 3.05) is 0 Å². The summed E-state index contributed by atoms with van der Waals surface area (Å²) in [6, 6.07) is 0.394. The van der Waals surface area contributed by atoms with E-state index in [1.165, 1.54) is 25.7 Å². The topological polar surface area (TPSA) is 38.0 Å². The van der Waals surface area contributed by atoms with Gasteiger partial charge < -0.3 is 0 Å². The molecule has 1 rings (SSSR count). The van der Waals surface area contributed by atoms with E-state index in [0.29, 0.717) is 11.5 Å². The van der Waals surface area contributed by atoms with Crippen LogP contribution in [0, 0.1) is 17.8 Å². The van der Waals surface area contributed by atoms with Crippen molar-refractivity contribution < 1.29 is 0 Å². The molecule has 0 aromatic heterocycles. The summed E-state index contributed by atoms with van der Waals surface area (Å²) in [4.78, 5) is 0. The van der Waals surface area contributed by atoms with E-state index in [2.05, 4.69) is 18.3 Å². The predicted octanol–water partition coefficient (Wildman–Crippen LogP) is 1.81. The standard InChI is InChI=1S/C11H20N2/c1-3-4-7-10(13-12)11(2)8-5-6-9-11/h1,10,13H,4-9,12H2,2H3. The lowest BCUT2D eigenvalue weighted by Gasteiger charge is -2.33. The number of rotatable bonds is 4. The van der Waals surface area contributed by atoms with Crippen molar-refractivity contribution >= 4 is 0 Å². The fourth-order valence-corrected chi connectivity index (χ4v) is 2.39. The van der Waals surface area contributed by atoms with Gasteiger partial charge in [0.15, 0.2) is 0 Å². The zero-order chi connectivity index (χ0) is 9.73. The second-order valence-electron chi connectivity index (χ2n) is 4.32. The number of nitrogens with two attached hydrogens (primary N) is 1. The largest absolute Gasteiger partial charge is 0.271 e. The lowest BCUT2D eigenvalue weighted by Crippen LogP contribution is -2.45. The van der Waals surface area contributed by atoms with E-state index in [1.54, 1.807) is 0 Å². The molecule has 1 saturated carbocycles.